The first-order valence-corrected chi connectivity index (χ1v) is 8.28. The lowest BCUT2D eigenvalue weighted by atomic mass is 10.1. The number of methoxy groups -OCH3 is 1. The van der Waals surface area contributed by atoms with Crippen LogP contribution in [-0.4, -0.2) is 32.3 Å². The van der Waals surface area contributed by atoms with Crippen LogP contribution in [0.5, 0.6) is 17.2 Å². The molecule has 0 saturated carbocycles. The van der Waals surface area contributed by atoms with Crippen molar-refractivity contribution in [3.8, 4) is 17.2 Å². The average molecular weight is 343 g/mol. The number of hydrogen-bond acceptors (Lipinski definition) is 4. The van der Waals surface area contributed by atoms with Crippen molar-refractivity contribution < 1.29 is 19.0 Å². The minimum absolute atomic E-state index is 0.181. The van der Waals surface area contributed by atoms with Crippen molar-refractivity contribution in [2.75, 3.05) is 20.3 Å². The molecule has 0 radical (unpaired) electrons. The van der Waals surface area contributed by atoms with Gasteiger partial charge in [0.2, 0.25) is 0 Å². The van der Waals surface area contributed by atoms with Gasteiger partial charge in [-0.15, -0.1) is 0 Å². The lowest BCUT2D eigenvalue weighted by Gasteiger charge is -2.15. The van der Waals surface area contributed by atoms with Gasteiger partial charge in [0.15, 0.2) is 6.10 Å². The third kappa shape index (κ3) is 5.71. The molecule has 0 aliphatic rings. The number of aryl methyl sites for hydroxylation is 2. The first kappa shape index (κ1) is 18.6. The van der Waals surface area contributed by atoms with E-state index in [2.05, 4.69) is 11.4 Å². The van der Waals surface area contributed by atoms with Gasteiger partial charge in [-0.05, 0) is 56.7 Å². The Kier molecular flexibility index (Phi) is 6.69. The zero-order valence-electron chi connectivity index (χ0n) is 15.2. The van der Waals surface area contributed by atoms with E-state index in [-0.39, 0.29) is 5.91 Å². The molecule has 0 bridgehead atoms. The maximum Gasteiger partial charge on any atom is 0.260 e. The van der Waals surface area contributed by atoms with Gasteiger partial charge in [-0.3, -0.25) is 4.79 Å². The van der Waals surface area contributed by atoms with Crippen LogP contribution >= 0.6 is 0 Å². The van der Waals surface area contributed by atoms with E-state index in [1.807, 2.05) is 26.0 Å². The molecule has 0 saturated heterocycles. The van der Waals surface area contributed by atoms with E-state index in [9.17, 15) is 4.79 Å². The molecule has 0 aliphatic heterocycles. The molecule has 0 fully saturated rings. The minimum atomic E-state index is -0.588. The fourth-order valence-corrected chi connectivity index (χ4v) is 2.35. The number of benzene rings is 2. The van der Waals surface area contributed by atoms with Crippen LogP contribution in [0.3, 0.4) is 0 Å². The number of amides is 1. The number of carbonyl (C=O) groups is 1. The van der Waals surface area contributed by atoms with Gasteiger partial charge in [0.25, 0.3) is 5.91 Å². The Morgan fingerprint density at radius 3 is 2.40 bits per heavy atom. The summed E-state index contributed by atoms with van der Waals surface area (Å²) in [6.45, 7) is 6.59. The lowest BCUT2D eigenvalue weighted by Crippen LogP contribution is -2.38. The van der Waals surface area contributed by atoms with Crippen LogP contribution in [0.1, 0.15) is 18.1 Å². The largest absolute Gasteiger partial charge is 0.497 e. The first-order chi connectivity index (χ1) is 12.0. The van der Waals surface area contributed by atoms with Crippen molar-refractivity contribution in [3.05, 3.63) is 53.6 Å². The zero-order chi connectivity index (χ0) is 18.2. The van der Waals surface area contributed by atoms with Gasteiger partial charge in [-0.1, -0.05) is 17.7 Å². The van der Waals surface area contributed by atoms with Crippen LogP contribution in [-0.2, 0) is 4.79 Å². The van der Waals surface area contributed by atoms with Crippen LogP contribution in [0.25, 0.3) is 0 Å². The van der Waals surface area contributed by atoms with Gasteiger partial charge in [-0.2, -0.15) is 0 Å². The highest BCUT2D eigenvalue weighted by molar-refractivity contribution is 5.80. The summed E-state index contributed by atoms with van der Waals surface area (Å²) in [7, 11) is 1.60. The molecule has 0 unspecified atom stereocenters. The molecule has 2 aromatic rings. The summed E-state index contributed by atoms with van der Waals surface area (Å²) in [5.74, 6) is 2.02. The van der Waals surface area contributed by atoms with Crippen molar-refractivity contribution >= 4 is 5.91 Å². The molecule has 134 valence electrons. The molecule has 0 heterocycles. The topological polar surface area (TPSA) is 56.8 Å². The predicted molar refractivity (Wildman–Crippen MR) is 97.5 cm³/mol. The van der Waals surface area contributed by atoms with Crippen LogP contribution in [0.4, 0.5) is 0 Å². The Labute approximate surface area is 148 Å². The van der Waals surface area contributed by atoms with Gasteiger partial charge >= 0.3 is 0 Å². The smallest absolute Gasteiger partial charge is 0.260 e. The van der Waals surface area contributed by atoms with Gasteiger partial charge in [0, 0.05) is 0 Å². The summed E-state index contributed by atoms with van der Waals surface area (Å²) in [5.41, 5.74) is 2.28. The van der Waals surface area contributed by atoms with Crippen LogP contribution in [0.2, 0.25) is 0 Å². The number of hydrogen-bond donors (Lipinski definition) is 1. The maximum atomic E-state index is 12.1. The normalized spacial score (nSPS) is 11.5. The van der Waals surface area contributed by atoms with E-state index in [1.54, 1.807) is 38.3 Å². The predicted octanol–water partition coefficient (Wildman–Crippen LogP) is 3.27. The molecule has 2 rings (SSSR count). The molecule has 5 nitrogen and oxygen atoms in total. The van der Waals surface area contributed by atoms with Crippen molar-refractivity contribution in [1.29, 1.82) is 0 Å². The molecular weight excluding hydrogens is 318 g/mol. The fourth-order valence-electron chi connectivity index (χ4n) is 2.35. The second kappa shape index (κ2) is 8.97. The highest BCUT2D eigenvalue weighted by atomic mass is 16.5. The summed E-state index contributed by atoms with van der Waals surface area (Å²) in [6, 6.07) is 13.1. The Morgan fingerprint density at radius 2 is 1.76 bits per heavy atom. The first-order valence-electron chi connectivity index (χ1n) is 8.28. The van der Waals surface area contributed by atoms with Crippen molar-refractivity contribution in [2.45, 2.75) is 26.9 Å². The summed E-state index contributed by atoms with van der Waals surface area (Å²) in [6.07, 6.45) is -0.588. The van der Waals surface area contributed by atoms with E-state index in [1.165, 1.54) is 5.56 Å². The molecule has 25 heavy (non-hydrogen) atoms. The third-order valence-electron chi connectivity index (χ3n) is 3.73. The summed E-state index contributed by atoms with van der Waals surface area (Å²) in [5, 5.41) is 2.81. The Morgan fingerprint density at radius 1 is 1.08 bits per heavy atom. The monoisotopic (exact) mass is 343 g/mol. The molecule has 5 heteroatoms. The maximum absolute atomic E-state index is 12.1. The van der Waals surface area contributed by atoms with Gasteiger partial charge in [-0.25, -0.2) is 0 Å². The molecule has 2 aromatic carbocycles. The standard InChI is InChI=1S/C20H25NO4/c1-14-5-10-19(15(2)13-14)24-12-11-21-20(22)16(3)25-18-8-6-17(23-4)7-9-18/h5-10,13,16H,11-12H2,1-4H3,(H,21,22)/t16-/m1/s1. The molecule has 0 aliphatic carbocycles. The van der Waals surface area contributed by atoms with Crippen LogP contribution in [0, 0.1) is 13.8 Å². The van der Waals surface area contributed by atoms with Crippen molar-refractivity contribution in [1.82, 2.24) is 5.32 Å². The van der Waals surface area contributed by atoms with E-state index in [4.69, 9.17) is 14.2 Å². The second-order valence-corrected chi connectivity index (χ2v) is 5.84. The number of ether oxygens (including phenoxy) is 3. The molecule has 0 aromatic heterocycles. The molecule has 0 spiro atoms. The van der Waals surface area contributed by atoms with Crippen LogP contribution in [0.15, 0.2) is 42.5 Å². The van der Waals surface area contributed by atoms with Crippen LogP contribution < -0.4 is 19.5 Å². The number of rotatable bonds is 8. The summed E-state index contributed by atoms with van der Waals surface area (Å²) < 4.78 is 16.4. The second-order valence-electron chi connectivity index (χ2n) is 5.84. The quantitative estimate of drug-likeness (QED) is 0.748. The third-order valence-corrected chi connectivity index (χ3v) is 3.73. The lowest BCUT2D eigenvalue weighted by molar-refractivity contribution is -0.127. The number of nitrogens with one attached hydrogen (secondary N) is 1. The average Bonchev–Trinajstić information content (AvgIpc) is 2.60. The highest BCUT2D eigenvalue weighted by Gasteiger charge is 2.14. The van der Waals surface area contributed by atoms with Gasteiger partial charge in [0.1, 0.15) is 23.9 Å². The van der Waals surface area contributed by atoms with Gasteiger partial charge in [0.05, 0.1) is 13.7 Å². The van der Waals surface area contributed by atoms with E-state index in [0.717, 1.165) is 17.1 Å². The zero-order valence-corrected chi connectivity index (χ0v) is 15.2. The summed E-state index contributed by atoms with van der Waals surface area (Å²) >= 11 is 0. The Balaban J connectivity index is 1.73. The number of carbonyl (C=O) groups excluding carboxylic acids is 1. The SMILES string of the molecule is COc1ccc(O[C@H](C)C(=O)NCCOc2ccc(C)cc2C)cc1. The van der Waals surface area contributed by atoms with Crippen molar-refractivity contribution in [3.63, 3.8) is 0 Å². The molecule has 1 amide bonds. The van der Waals surface area contributed by atoms with Gasteiger partial charge < -0.3 is 19.5 Å². The Hall–Kier alpha value is -2.69. The van der Waals surface area contributed by atoms with Crippen molar-refractivity contribution in [2.24, 2.45) is 0 Å². The van der Waals surface area contributed by atoms with E-state index >= 15 is 0 Å². The minimum Gasteiger partial charge on any atom is -0.497 e. The van der Waals surface area contributed by atoms with E-state index in [0.29, 0.717) is 18.9 Å². The Bertz CT molecular complexity index is 697. The highest BCUT2D eigenvalue weighted by Crippen LogP contribution is 2.19. The molecule has 1 N–H and O–H groups in total. The van der Waals surface area contributed by atoms with E-state index < -0.39 is 6.10 Å². The fraction of sp³-hybridized carbons (Fsp3) is 0.350. The summed E-state index contributed by atoms with van der Waals surface area (Å²) in [4.78, 5) is 12.1. The molecular formula is C20H25NO4. The molecule has 1 atom stereocenters.